The average Bonchev–Trinajstić information content (AvgIpc) is 3.44. The minimum atomic E-state index is 0.677. The first-order valence-corrected chi connectivity index (χ1v) is 14.9. The fourth-order valence-corrected chi connectivity index (χ4v) is 6.59. The zero-order valence-electron chi connectivity index (χ0n) is 23.4. The summed E-state index contributed by atoms with van der Waals surface area (Å²) in [5.41, 5.74) is 11.1. The van der Waals surface area contributed by atoms with Gasteiger partial charge in [-0.25, -0.2) is 0 Å². The lowest BCUT2D eigenvalue weighted by Crippen LogP contribution is -1.90. The van der Waals surface area contributed by atoms with E-state index >= 15 is 0 Å². The number of rotatable bonds is 8. The summed E-state index contributed by atoms with van der Waals surface area (Å²) in [7, 11) is 0. The lowest BCUT2D eigenvalue weighted by molar-refractivity contribution is 0.340. The van der Waals surface area contributed by atoms with Crippen LogP contribution in [0.15, 0.2) is 140 Å². The zero-order valence-corrected chi connectivity index (χ0v) is 24.2. The van der Waals surface area contributed by atoms with Crippen LogP contribution in [0.4, 0.5) is 0 Å². The summed E-state index contributed by atoms with van der Waals surface area (Å²) in [5, 5.41) is 0. The highest BCUT2D eigenvalue weighted by Gasteiger charge is 2.23. The van der Waals surface area contributed by atoms with E-state index in [1.165, 1.54) is 59.8 Å². The van der Waals surface area contributed by atoms with Gasteiger partial charge in [0.15, 0.2) is 0 Å². The zero-order chi connectivity index (χ0) is 28.0. The lowest BCUT2D eigenvalue weighted by Gasteiger charge is -2.11. The number of hydrogen-bond donors (Lipinski definition) is 0. The Morgan fingerprint density at radius 2 is 1.02 bits per heavy atom. The Hall–Kier alpha value is -4.66. The fourth-order valence-electron chi connectivity index (χ4n) is 5.23. The van der Waals surface area contributed by atoms with Crippen LogP contribution < -0.4 is 4.74 Å². The molecule has 0 spiro atoms. The van der Waals surface area contributed by atoms with Crippen molar-refractivity contribution in [2.45, 2.75) is 13.8 Å². The SMILES string of the molecule is CCOc1ccc(/C=C(\C)c2ccc(-c3sc(-c4ccccc4)c(-c4ccccc4)c3-c3ccccc3)cc2)cc1. The summed E-state index contributed by atoms with van der Waals surface area (Å²) in [6, 6.07) is 49.7. The minimum Gasteiger partial charge on any atom is -0.494 e. The Bertz CT molecular complexity index is 1750. The summed E-state index contributed by atoms with van der Waals surface area (Å²) in [5.74, 6) is 0.904. The molecule has 0 aliphatic heterocycles. The number of thiophene rings is 1. The molecule has 0 amide bonds. The van der Waals surface area contributed by atoms with Crippen molar-refractivity contribution in [2.75, 3.05) is 6.61 Å². The van der Waals surface area contributed by atoms with Crippen LogP contribution in [0, 0.1) is 0 Å². The highest BCUT2D eigenvalue weighted by molar-refractivity contribution is 7.20. The predicted molar refractivity (Wildman–Crippen MR) is 177 cm³/mol. The predicted octanol–water partition coefficient (Wildman–Crippen LogP) is 11.4. The third-order valence-corrected chi connectivity index (χ3v) is 8.53. The van der Waals surface area contributed by atoms with Crippen LogP contribution in [0.3, 0.4) is 0 Å². The quantitative estimate of drug-likeness (QED) is 0.172. The topological polar surface area (TPSA) is 9.23 Å². The lowest BCUT2D eigenvalue weighted by atomic mass is 9.91. The summed E-state index contributed by atoms with van der Waals surface area (Å²) >= 11 is 1.88. The molecule has 6 rings (SSSR count). The molecule has 0 fully saturated rings. The molecule has 0 saturated heterocycles. The van der Waals surface area contributed by atoms with Crippen LogP contribution in [0.2, 0.25) is 0 Å². The van der Waals surface area contributed by atoms with Crippen molar-refractivity contribution in [1.29, 1.82) is 0 Å². The monoisotopic (exact) mass is 548 g/mol. The molecule has 1 aromatic heterocycles. The van der Waals surface area contributed by atoms with Crippen molar-refractivity contribution in [3.05, 3.63) is 151 Å². The van der Waals surface area contributed by atoms with Gasteiger partial charge in [-0.3, -0.25) is 0 Å². The van der Waals surface area contributed by atoms with Crippen LogP contribution in [-0.2, 0) is 0 Å². The van der Waals surface area contributed by atoms with Gasteiger partial charge < -0.3 is 4.74 Å². The van der Waals surface area contributed by atoms with Gasteiger partial charge in [0.1, 0.15) is 5.75 Å². The van der Waals surface area contributed by atoms with Gasteiger partial charge in [0.05, 0.1) is 6.61 Å². The smallest absolute Gasteiger partial charge is 0.119 e. The van der Waals surface area contributed by atoms with Crippen molar-refractivity contribution in [1.82, 2.24) is 0 Å². The van der Waals surface area contributed by atoms with Crippen molar-refractivity contribution in [2.24, 2.45) is 0 Å². The normalized spacial score (nSPS) is 11.4. The summed E-state index contributed by atoms with van der Waals surface area (Å²) in [6.07, 6.45) is 2.23. The van der Waals surface area contributed by atoms with Crippen LogP contribution in [0.25, 0.3) is 54.8 Å². The van der Waals surface area contributed by atoms with Crippen LogP contribution in [-0.4, -0.2) is 6.61 Å². The van der Waals surface area contributed by atoms with Crippen molar-refractivity contribution in [3.8, 4) is 48.9 Å². The van der Waals surface area contributed by atoms with Gasteiger partial charge in [-0.2, -0.15) is 0 Å². The molecule has 41 heavy (non-hydrogen) atoms. The van der Waals surface area contributed by atoms with Gasteiger partial charge in [0.25, 0.3) is 0 Å². The van der Waals surface area contributed by atoms with Crippen LogP contribution in [0.5, 0.6) is 5.75 Å². The molecular formula is C39H32OS. The molecule has 1 heterocycles. The number of hydrogen-bond acceptors (Lipinski definition) is 2. The molecule has 6 aromatic rings. The second kappa shape index (κ2) is 12.2. The molecule has 200 valence electrons. The third-order valence-electron chi connectivity index (χ3n) is 7.25. The molecule has 5 aromatic carbocycles. The first-order valence-electron chi connectivity index (χ1n) is 14.1. The Kier molecular flexibility index (Phi) is 7.93. The maximum absolute atomic E-state index is 5.59. The third kappa shape index (κ3) is 5.79. The van der Waals surface area contributed by atoms with E-state index in [-0.39, 0.29) is 0 Å². The molecule has 0 aliphatic rings. The summed E-state index contributed by atoms with van der Waals surface area (Å²) in [6.45, 7) is 4.86. The van der Waals surface area contributed by atoms with Crippen molar-refractivity contribution >= 4 is 23.0 Å². The molecule has 2 heteroatoms. The van der Waals surface area contributed by atoms with Crippen LogP contribution in [0.1, 0.15) is 25.0 Å². The minimum absolute atomic E-state index is 0.677. The maximum Gasteiger partial charge on any atom is 0.119 e. The van der Waals surface area contributed by atoms with Crippen LogP contribution >= 0.6 is 11.3 Å². The highest BCUT2D eigenvalue weighted by atomic mass is 32.1. The molecule has 0 N–H and O–H groups in total. The second-order valence-electron chi connectivity index (χ2n) is 10.0. The standard InChI is InChI=1S/C39H32OS/c1-3-40-35-25-19-29(20-26-35)27-28(2)30-21-23-34(24-22-30)39-37(32-15-9-5-10-16-32)36(31-13-7-4-8-14-31)38(41-39)33-17-11-6-12-18-33/h4-27H,3H2,1-2H3/b28-27+. The number of benzene rings is 5. The Balaban J connectivity index is 1.45. The highest BCUT2D eigenvalue weighted by Crippen LogP contribution is 2.51. The Morgan fingerprint density at radius 1 is 0.561 bits per heavy atom. The molecular weight excluding hydrogens is 516 g/mol. The van der Waals surface area contributed by atoms with E-state index in [9.17, 15) is 0 Å². The second-order valence-corrected chi connectivity index (χ2v) is 11.0. The Labute approximate surface area is 247 Å². The fraction of sp³-hybridized carbons (Fsp3) is 0.0769. The van der Waals surface area contributed by atoms with Crippen molar-refractivity contribution < 1.29 is 4.74 Å². The Morgan fingerprint density at radius 3 is 1.51 bits per heavy atom. The average molecular weight is 549 g/mol. The van der Waals surface area contributed by atoms with E-state index in [0.717, 1.165) is 5.75 Å². The van der Waals surface area contributed by atoms with E-state index in [1.54, 1.807) is 0 Å². The van der Waals surface area contributed by atoms with Crippen molar-refractivity contribution in [3.63, 3.8) is 0 Å². The molecule has 0 bridgehead atoms. The van der Waals surface area contributed by atoms with Gasteiger partial charge in [-0.15, -0.1) is 11.3 Å². The number of allylic oxidation sites excluding steroid dienone is 1. The molecule has 0 aliphatic carbocycles. The largest absolute Gasteiger partial charge is 0.494 e. The van der Waals surface area contributed by atoms with E-state index in [0.29, 0.717) is 6.61 Å². The first-order chi connectivity index (χ1) is 20.2. The molecule has 0 atom stereocenters. The summed E-state index contributed by atoms with van der Waals surface area (Å²) in [4.78, 5) is 2.58. The van der Waals surface area contributed by atoms with E-state index in [2.05, 4.69) is 140 Å². The molecule has 1 nitrogen and oxygen atoms in total. The van der Waals surface area contributed by atoms with Gasteiger partial charge >= 0.3 is 0 Å². The first kappa shape index (κ1) is 26.6. The number of ether oxygens (including phenoxy) is 1. The van der Waals surface area contributed by atoms with E-state index in [4.69, 9.17) is 4.74 Å². The van der Waals surface area contributed by atoms with Gasteiger partial charge in [0.2, 0.25) is 0 Å². The van der Waals surface area contributed by atoms with Gasteiger partial charge in [-0.1, -0.05) is 133 Å². The van der Waals surface area contributed by atoms with Gasteiger partial charge in [0, 0.05) is 20.9 Å². The maximum atomic E-state index is 5.59. The summed E-state index contributed by atoms with van der Waals surface area (Å²) < 4.78 is 5.59. The molecule has 0 saturated carbocycles. The van der Waals surface area contributed by atoms with E-state index < -0.39 is 0 Å². The molecule has 0 unspecified atom stereocenters. The van der Waals surface area contributed by atoms with Gasteiger partial charge in [-0.05, 0) is 64.9 Å². The van der Waals surface area contributed by atoms with E-state index in [1.807, 2.05) is 30.4 Å². The molecule has 0 radical (unpaired) electrons.